The Balaban J connectivity index is 0.000000932. The van der Waals surface area contributed by atoms with E-state index in [-0.39, 0.29) is 85.4 Å². The van der Waals surface area contributed by atoms with Crippen molar-refractivity contribution in [1.29, 1.82) is 0 Å². The first-order chi connectivity index (χ1) is 35.9. The zero-order chi connectivity index (χ0) is 52.1. The Labute approximate surface area is 477 Å². The number of rotatable bonds is 12. The average Bonchev–Trinajstić information content (AvgIpc) is 3.49. The van der Waals surface area contributed by atoms with Crippen molar-refractivity contribution >= 4 is 11.9 Å². The Morgan fingerprint density at radius 2 is 0.494 bits per heavy atom. The summed E-state index contributed by atoms with van der Waals surface area (Å²) in [6, 6.07) is 60.1. The van der Waals surface area contributed by atoms with Gasteiger partial charge in [-0.3, -0.25) is 29.9 Å². The van der Waals surface area contributed by atoms with E-state index in [1.54, 1.807) is 146 Å². The third kappa shape index (κ3) is 13.1. The SMILES string of the molecule is CC(=O)[O-].CC(=O)[O-].[Cu+2].[Cu+2].[Cu+].[O-]C(c1ccccn1)(c1ccccn1)c1ccccc1-c1cc(-c2ccccc2C([O-])(c2ccccn2)c2ccccn2)cc(-c2ccccc2C([O-])(c2ccccn2)c2ccccn2)c1. The molecule has 0 atom stereocenters. The molecule has 16 heteroatoms. The minimum atomic E-state index is -2.06. The molecule has 0 bridgehead atoms. The number of carboxylic acid groups (broad SMARTS) is 2. The predicted octanol–water partition coefficient (Wildman–Crippen LogP) is 5.52. The molecule has 6 aromatic heterocycles. The van der Waals surface area contributed by atoms with Crippen molar-refractivity contribution in [3.05, 3.63) is 288 Å². The maximum absolute atomic E-state index is 16.0. The summed E-state index contributed by atoms with van der Waals surface area (Å²) in [7, 11) is 0. The van der Waals surface area contributed by atoms with Crippen LogP contribution < -0.4 is 25.5 Å². The van der Waals surface area contributed by atoms with Crippen molar-refractivity contribution in [1.82, 2.24) is 29.9 Å². The van der Waals surface area contributed by atoms with E-state index in [4.69, 9.17) is 19.8 Å². The van der Waals surface area contributed by atoms with Gasteiger partial charge in [-0.1, -0.05) is 109 Å². The predicted molar refractivity (Wildman–Crippen MR) is 269 cm³/mol. The number of hydrogen-bond donors (Lipinski definition) is 0. The van der Waals surface area contributed by atoms with E-state index in [1.807, 2.05) is 91.0 Å². The van der Waals surface area contributed by atoms with E-state index in [0.717, 1.165) is 13.8 Å². The Morgan fingerprint density at radius 3 is 0.662 bits per heavy atom. The molecule has 0 spiro atoms. The number of pyridine rings is 6. The van der Waals surface area contributed by atoms with Crippen LogP contribution in [0.15, 0.2) is 237 Å². The quantitative estimate of drug-likeness (QED) is 0.138. The molecule has 77 heavy (non-hydrogen) atoms. The second kappa shape index (κ2) is 27.3. The Bertz CT molecular complexity index is 2990. The molecule has 13 nitrogen and oxygen atoms in total. The van der Waals surface area contributed by atoms with Gasteiger partial charge < -0.3 is 35.1 Å². The molecule has 0 aliphatic carbocycles. The number of benzene rings is 4. The third-order valence-corrected chi connectivity index (χ3v) is 11.9. The first-order valence-corrected chi connectivity index (χ1v) is 23.3. The van der Waals surface area contributed by atoms with Crippen molar-refractivity contribution < 1.29 is 86.3 Å². The van der Waals surface area contributed by atoms with Gasteiger partial charge in [-0.15, -0.1) is 0 Å². The molecule has 10 rings (SSSR count). The van der Waals surface area contributed by atoms with Crippen LogP contribution in [-0.4, -0.2) is 41.8 Å². The normalized spacial score (nSPS) is 10.8. The van der Waals surface area contributed by atoms with E-state index < -0.39 is 28.7 Å². The van der Waals surface area contributed by atoms with E-state index in [9.17, 15) is 0 Å². The van der Waals surface area contributed by atoms with Crippen LogP contribution in [0.1, 0.15) is 64.7 Å². The third-order valence-electron chi connectivity index (χ3n) is 11.9. The number of aromatic nitrogens is 6. The Morgan fingerprint density at radius 1 is 0.325 bits per heavy atom. The summed E-state index contributed by atoms with van der Waals surface area (Å²) in [5, 5.41) is 65.7. The minimum absolute atomic E-state index is 0. The second-order valence-electron chi connectivity index (χ2n) is 16.8. The summed E-state index contributed by atoms with van der Waals surface area (Å²) in [6.07, 6.45) is 9.65. The van der Waals surface area contributed by atoms with Crippen molar-refractivity contribution in [2.24, 2.45) is 0 Å². The van der Waals surface area contributed by atoms with Crippen LogP contribution in [0, 0.1) is 0 Å². The van der Waals surface area contributed by atoms with Crippen LogP contribution in [0.5, 0.6) is 0 Å². The van der Waals surface area contributed by atoms with Gasteiger partial charge in [-0.2, -0.15) is 0 Å². The van der Waals surface area contributed by atoms with Gasteiger partial charge in [0.2, 0.25) is 0 Å². The number of hydrogen-bond acceptors (Lipinski definition) is 13. The van der Waals surface area contributed by atoms with Crippen molar-refractivity contribution in [3.63, 3.8) is 0 Å². The van der Waals surface area contributed by atoms with E-state index in [0.29, 0.717) is 50.1 Å². The fourth-order valence-electron chi connectivity index (χ4n) is 8.87. The zero-order valence-corrected chi connectivity index (χ0v) is 43.8. The Hall–Kier alpha value is -7.84. The molecule has 10 aromatic rings. The summed E-state index contributed by atoms with van der Waals surface area (Å²) < 4.78 is 0. The number of carboxylic acids is 2. The van der Waals surface area contributed by atoms with Crippen LogP contribution in [0.2, 0.25) is 0 Å². The molecule has 394 valence electrons. The monoisotopic (exact) mass is 1160 g/mol. The smallest absolute Gasteiger partial charge is 0.837 e. The summed E-state index contributed by atoms with van der Waals surface area (Å²) >= 11 is 0. The fourth-order valence-corrected chi connectivity index (χ4v) is 8.87. The molecule has 0 aliphatic rings. The molecule has 0 amide bonds. The van der Waals surface area contributed by atoms with Crippen molar-refractivity contribution in [3.8, 4) is 33.4 Å². The summed E-state index contributed by atoms with van der Waals surface area (Å²) in [5.41, 5.74) is 0.425. The van der Waals surface area contributed by atoms with Crippen LogP contribution in [0.25, 0.3) is 33.4 Å². The molecular formula is C61H45Cu3N6O7. The summed E-state index contributed by atoms with van der Waals surface area (Å²) in [6.45, 7) is 1.94. The molecule has 0 fully saturated rings. The number of carbonyl (C=O) groups excluding carboxylic acids is 2. The van der Waals surface area contributed by atoms with E-state index in [1.165, 1.54) is 0 Å². The van der Waals surface area contributed by atoms with Crippen LogP contribution >= 0.6 is 0 Å². The minimum Gasteiger partial charge on any atom is -0.837 e. The molecule has 0 unspecified atom stereocenters. The molecule has 0 aliphatic heterocycles. The summed E-state index contributed by atoms with van der Waals surface area (Å²) in [5.74, 6) is -2.17. The molecule has 6 heterocycles. The standard InChI is InChI=1S/C57H39N6O3.2C2H4O2.3Cu/c64-55(49-25-7-13-31-58-49,50-26-8-14-32-59-50)46-22-4-1-19-43(46)40-37-41(44-20-2-5-23-47(44)56(65,51-27-9-15-33-60-51)52-28-10-16-34-61-52)39-42(38-40)45-21-3-6-24-48(45)57(66,53-29-11-17-35-62-53)54-30-12-18-36-63-54;2*1-2(3)4;;;/h1-39H;2*1H3,(H,3,4);;;/q-3;;;+1;2*+2/p-2. The Kier molecular flexibility index (Phi) is 21.3. The number of carbonyl (C=O) groups is 2. The van der Waals surface area contributed by atoms with Crippen molar-refractivity contribution in [2.75, 3.05) is 0 Å². The molecule has 4 aromatic carbocycles. The van der Waals surface area contributed by atoms with Crippen LogP contribution in [0.4, 0.5) is 0 Å². The van der Waals surface area contributed by atoms with Gasteiger partial charge in [0.25, 0.3) is 0 Å². The molecule has 0 saturated heterocycles. The second-order valence-corrected chi connectivity index (χ2v) is 16.8. The molecule has 2 radical (unpaired) electrons. The molecular weight excluding hydrogens is 1120 g/mol. The average molecular weight is 1160 g/mol. The maximum Gasteiger partial charge on any atom is 2.00 e. The van der Waals surface area contributed by atoms with Gasteiger partial charge in [0.05, 0.1) is 0 Å². The van der Waals surface area contributed by atoms with E-state index in [2.05, 4.69) is 29.9 Å². The zero-order valence-electron chi connectivity index (χ0n) is 41.0. The van der Waals surface area contributed by atoms with Gasteiger partial charge in [0.1, 0.15) is 0 Å². The first-order valence-electron chi connectivity index (χ1n) is 23.3. The van der Waals surface area contributed by atoms with Gasteiger partial charge in [0.15, 0.2) is 0 Å². The summed E-state index contributed by atoms with van der Waals surface area (Å²) in [4.78, 5) is 45.5. The number of aliphatic carboxylic acids is 2. The first kappa shape index (κ1) is 60.0. The molecule has 0 saturated carbocycles. The van der Waals surface area contributed by atoms with E-state index >= 15 is 15.3 Å². The van der Waals surface area contributed by atoms with Gasteiger partial charge >= 0.3 is 51.2 Å². The van der Waals surface area contributed by atoms with Gasteiger partial charge in [-0.05, 0) is 155 Å². The van der Waals surface area contributed by atoms with Gasteiger partial charge in [0, 0.05) is 100 Å². The number of nitrogens with zero attached hydrogens (tertiary/aromatic N) is 6. The topological polar surface area (TPSA) is 227 Å². The molecule has 0 N–H and O–H groups in total. The van der Waals surface area contributed by atoms with Crippen LogP contribution in [0.3, 0.4) is 0 Å². The fraction of sp³-hybridized carbons (Fsp3) is 0.0820. The van der Waals surface area contributed by atoms with Gasteiger partial charge in [-0.25, -0.2) is 0 Å². The largest absolute Gasteiger partial charge is 2.00 e. The maximum atomic E-state index is 16.0. The van der Waals surface area contributed by atoms with Crippen molar-refractivity contribution in [2.45, 2.75) is 30.7 Å². The van der Waals surface area contributed by atoms with Crippen LogP contribution in [-0.2, 0) is 77.6 Å².